The molecule has 2 aromatic heterocycles. The molecule has 8 nitrogen and oxygen atoms in total. The van der Waals surface area contributed by atoms with Crippen LogP contribution in [0.25, 0.3) is 16.5 Å². The molecule has 1 amide bonds. The molecule has 2 heterocycles. The van der Waals surface area contributed by atoms with Gasteiger partial charge in [0.1, 0.15) is 6.04 Å². The summed E-state index contributed by atoms with van der Waals surface area (Å²) in [6.45, 7) is 7.48. The lowest BCUT2D eigenvalue weighted by Crippen LogP contribution is -2.25. The van der Waals surface area contributed by atoms with E-state index in [0.29, 0.717) is 33.4 Å². The summed E-state index contributed by atoms with van der Waals surface area (Å²) in [7, 11) is 0. The number of benzene rings is 2. The van der Waals surface area contributed by atoms with Gasteiger partial charge in [-0.05, 0) is 58.0 Å². The maximum Gasteiger partial charge on any atom is 0.338 e. The standard InChI is InChI=1S/C26H26N4O4/c1-5-34-26(33)19-10-9-11-20(14-19)28-24(31)18(4)29-16(2)22-15-27-30(21-12-7-6-8-13-21)25(32)23(22)17(29)3/h6-15,18H,5H2,1-4H3,(H,28,31)/t18-/m1/s1. The molecule has 2 aromatic carbocycles. The van der Waals surface area contributed by atoms with Crippen LogP contribution < -0.4 is 10.9 Å². The maximum absolute atomic E-state index is 13.3. The molecule has 0 aliphatic carbocycles. The van der Waals surface area contributed by atoms with Crippen LogP contribution in [0.1, 0.15) is 41.6 Å². The highest BCUT2D eigenvalue weighted by molar-refractivity contribution is 5.97. The lowest BCUT2D eigenvalue weighted by Gasteiger charge is -2.18. The van der Waals surface area contributed by atoms with Gasteiger partial charge in [-0.15, -0.1) is 0 Å². The number of rotatable bonds is 6. The Hall–Kier alpha value is -4.20. The van der Waals surface area contributed by atoms with Crippen LogP contribution in [0.4, 0.5) is 5.69 Å². The maximum atomic E-state index is 13.3. The zero-order valence-electron chi connectivity index (χ0n) is 19.5. The van der Waals surface area contributed by atoms with Crippen LogP contribution in [0.3, 0.4) is 0 Å². The first-order valence-corrected chi connectivity index (χ1v) is 11.1. The summed E-state index contributed by atoms with van der Waals surface area (Å²) >= 11 is 0. The molecule has 34 heavy (non-hydrogen) atoms. The van der Waals surface area contributed by atoms with E-state index in [2.05, 4.69) is 10.4 Å². The molecule has 0 fully saturated rings. The van der Waals surface area contributed by atoms with E-state index in [4.69, 9.17) is 4.74 Å². The highest BCUT2D eigenvalue weighted by Gasteiger charge is 2.24. The van der Waals surface area contributed by atoms with Crippen LogP contribution in [-0.2, 0) is 9.53 Å². The number of hydrogen-bond acceptors (Lipinski definition) is 5. The number of anilines is 1. The van der Waals surface area contributed by atoms with Crippen molar-refractivity contribution in [1.29, 1.82) is 0 Å². The van der Waals surface area contributed by atoms with Crippen molar-refractivity contribution in [2.75, 3.05) is 11.9 Å². The van der Waals surface area contributed by atoms with Gasteiger partial charge >= 0.3 is 5.97 Å². The molecule has 174 valence electrons. The Bertz CT molecular complexity index is 1440. The third-order valence-corrected chi connectivity index (χ3v) is 5.86. The van der Waals surface area contributed by atoms with Crippen molar-refractivity contribution in [3.8, 4) is 5.69 Å². The molecule has 1 N–H and O–H groups in total. The fourth-order valence-electron chi connectivity index (χ4n) is 4.22. The number of ether oxygens (including phenoxy) is 1. The predicted molar refractivity (Wildman–Crippen MR) is 131 cm³/mol. The number of para-hydroxylation sites is 1. The van der Waals surface area contributed by atoms with Crippen LogP contribution in [0.15, 0.2) is 65.6 Å². The minimum absolute atomic E-state index is 0.238. The number of hydrogen-bond donors (Lipinski definition) is 1. The smallest absolute Gasteiger partial charge is 0.338 e. The molecule has 8 heteroatoms. The van der Waals surface area contributed by atoms with Crippen molar-refractivity contribution in [2.45, 2.75) is 33.7 Å². The van der Waals surface area contributed by atoms with Crippen LogP contribution in [0.5, 0.6) is 0 Å². The lowest BCUT2D eigenvalue weighted by molar-refractivity contribution is -0.118. The number of aromatic nitrogens is 3. The number of carbonyl (C=O) groups excluding carboxylic acids is 2. The SMILES string of the molecule is CCOC(=O)c1cccc(NC(=O)[C@@H](C)n2c(C)c3cnn(-c4ccccc4)c(=O)c3c2C)c1. The molecule has 0 aliphatic heterocycles. The number of amides is 1. The molecule has 0 radical (unpaired) electrons. The molecule has 0 unspecified atom stereocenters. The van der Waals surface area contributed by atoms with Gasteiger partial charge in [0.2, 0.25) is 5.91 Å². The first-order valence-electron chi connectivity index (χ1n) is 11.1. The van der Waals surface area contributed by atoms with Crippen LogP contribution in [-0.4, -0.2) is 32.8 Å². The molecule has 0 saturated carbocycles. The van der Waals surface area contributed by atoms with E-state index in [1.54, 1.807) is 44.3 Å². The lowest BCUT2D eigenvalue weighted by atomic mass is 10.2. The summed E-state index contributed by atoms with van der Waals surface area (Å²) in [5.41, 5.74) is 2.75. The van der Waals surface area contributed by atoms with Crippen LogP contribution in [0.2, 0.25) is 0 Å². The second-order valence-electron chi connectivity index (χ2n) is 7.99. The predicted octanol–water partition coefficient (Wildman–Crippen LogP) is 4.18. The minimum atomic E-state index is -0.608. The molecule has 4 rings (SSSR count). The van der Waals surface area contributed by atoms with Crippen molar-refractivity contribution in [2.24, 2.45) is 0 Å². The Kier molecular flexibility index (Phi) is 6.32. The van der Waals surface area contributed by atoms with E-state index in [1.165, 1.54) is 4.68 Å². The van der Waals surface area contributed by atoms with Gasteiger partial charge in [-0.3, -0.25) is 9.59 Å². The van der Waals surface area contributed by atoms with Crippen molar-refractivity contribution in [3.05, 3.63) is 88.1 Å². The first-order chi connectivity index (χ1) is 16.3. The van der Waals surface area contributed by atoms with Crippen LogP contribution >= 0.6 is 0 Å². The molecular formula is C26H26N4O4. The van der Waals surface area contributed by atoms with Gasteiger partial charge in [0.15, 0.2) is 0 Å². The summed E-state index contributed by atoms with van der Waals surface area (Å²) in [5, 5.41) is 8.45. The zero-order valence-corrected chi connectivity index (χ0v) is 19.5. The minimum Gasteiger partial charge on any atom is -0.462 e. The van der Waals surface area contributed by atoms with Crippen molar-refractivity contribution in [1.82, 2.24) is 14.3 Å². The van der Waals surface area contributed by atoms with Crippen molar-refractivity contribution < 1.29 is 14.3 Å². The van der Waals surface area contributed by atoms with Gasteiger partial charge in [0.05, 0.1) is 29.4 Å². The fraction of sp³-hybridized carbons (Fsp3) is 0.231. The topological polar surface area (TPSA) is 95.2 Å². The van der Waals surface area contributed by atoms with Gasteiger partial charge in [-0.1, -0.05) is 24.3 Å². The number of esters is 1. The Morgan fingerprint density at radius 3 is 2.50 bits per heavy atom. The van der Waals surface area contributed by atoms with E-state index in [1.807, 2.05) is 48.7 Å². The van der Waals surface area contributed by atoms with E-state index < -0.39 is 12.0 Å². The summed E-state index contributed by atoms with van der Waals surface area (Å²) in [4.78, 5) is 38.4. The number of fused-ring (bicyclic) bond motifs is 1. The Morgan fingerprint density at radius 2 is 1.79 bits per heavy atom. The highest BCUT2D eigenvalue weighted by Crippen LogP contribution is 2.27. The molecule has 4 aromatic rings. The van der Waals surface area contributed by atoms with Gasteiger partial charge in [-0.2, -0.15) is 9.78 Å². The summed E-state index contributed by atoms with van der Waals surface area (Å²) in [5.74, 6) is -0.721. The third kappa shape index (κ3) is 4.10. The summed E-state index contributed by atoms with van der Waals surface area (Å²) < 4.78 is 8.24. The van der Waals surface area contributed by atoms with Gasteiger partial charge in [0, 0.05) is 22.5 Å². The number of nitrogens with one attached hydrogen (secondary N) is 1. The number of carbonyl (C=O) groups is 2. The van der Waals surface area contributed by atoms with Gasteiger partial charge < -0.3 is 14.6 Å². The van der Waals surface area contributed by atoms with Crippen LogP contribution in [0, 0.1) is 13.8 Å². The molecule has 1 atom stereocenters. The normalized spacial score (nSPS) is 11.9. The summed E-state index contributed by atoms with van der Waals surface area (Å²) in [6, 6.07) is 15.2. The molecule has 0 spiro atoms. The average molecular weight is 459 g/mol. The van der Waals surface area contributed by atoms with Gasteiger partial charge in [-0.25, -0.2) is 4.79 Å². The Labute approximate surface area is 196 Å². The quantitative estimate of drug-likeness (QED) is 0.438. The monoisotopic (exact) mass is 458 g/mol. The largest absolute Gasteiger partial charge is 0.462 e. The Morgan fingerprint density at radius 1 is 1.06 bits per heavy atom. The van der Waals surface area contributed by atoms with E-state index >= 15 is 0 Å². The number of nitrogens with zero attached hydrogens (tertiary/aromatic N) is 3. The molecule has 0 saturated heterocycles. The van der Waals surface area contributed by atoms with E-state index in [-0.39, 0.29) is 18.1 Å². The molecule has 0 aliphatic rings. The fourth-order valence-corrected chi connectivity index (χ4v) is 4.22. The highest BCUT2D eigenvalue weighted by atomic mass is 16.5. The second-order valence-corrected chi connectivity index (χ2v) is 7.99. The van der Waals surface area contributed by atoms with Gasteiger partial charge in [0.25, 0.3) is 5.56 Å². The third-order valence-electron chi connectivity index (χ3n) is 5.86. The second kappa shape index (κ2) is 9.35. The Balaban J connectivity index is 1.68. The van der Waals surface area contributed by atoms with Crippen molar-refractivity contribution in [3.63, 3.8) is 0 Å². The molecular weight excluding hydrogens is 432 g/mol. The summed E-state index contributed by atoms with van der Waals surface area (Å²) in [6.07, 6.45) is 1.66. The van der Waals surface area contributed by atoms with E-state index in [9.17, 15) is 14.4 Å². The van der Waals surface area contributed by atoms with E-state index in [0.717, 1.165) is 5.69 Å². The van der Waals surface area contributed by atoms with Crippen molar-refractivity contribution >= 4 is 28.3 Å². The average Bonchev–Trinajstić information content (AvgIpc) is 3.10. The zero-order chi connectivity index (χ0) is 24.4. The number of aryl methyl sites for hydroxylation is 2. The first kappa shape index (κ1) is 23.0. The molecule has 0 bridgehead atoms.